The van der Waals surface area contributed by atoms with E-state index < -0.39 is 11.1 Å². The van der Waals surface area contributed by atoms with Gasteiger partial charge in [0.1, 0.15) is 11.1 Å². The Morgan fingerprint density at radius 1 is 1.26 bits per heavy atom. The minimum atomic E-state index is -0.549. The zero-order valence-electron chi connectivity index (χ0n) is 17.0. The first-order chi connectivity index (χ1) is 12.7. The molecule has 0 amide bonds. The number of hydrogen-bond acceptors (Lipinski definition) is 4. The topological polar surface area (TPSA) is 41.6 Å². The molecule has 5 heteroatoms. The van der Waals surface area contributed by atoms with Crippen LogP contribution in [-0.4, -0.2) is 48.3 Å². The molecule has 0 unspecified atom stereocenters. The van der Waals surface area contributed by atoms with Crippen molar-refractivity contribution in [1.29, 1.82) is 0 Å². The average molecular weight is 377 g/mol. The number of alkyl halides is 1. The Labute approximate surface area is 162 Å². The Balaban J connectivity index is 1.58. The Morgan fingerprint density at radius 2 is 1.89 bits per heavy atom. The van der Waals surface area contributed by atoms with Gasteiger partial charge in [-0.2, -0.15) is 0 Å². The van der Waals surface area contributed by atoms with Crippen molar-refractivity contribution in [1.82, 2.24) is 10.2 Å². The maximum atomic E-state index is 13.7. The summed E-state index contributed by atoms with van der Waals surface area (Å²) in [6.07, 6.45) is 1.61. The van der Waals surface area contributed by atoms with Gasteiger partial charge < -0.3 is 10.1 Å². The van der Waals surface area contributed by atoms with Crippen LogP contribution in [0.15, 0.2) is 30.3 Å². The van der Waals surface area contributed by atoms with Gasteiger partial charge in [-0.3, -0.25) is 14.1 Å². The van der Waals surface area contributed by atoms with E-state index in [1.54, 1.807) is 0 Å². The summed E-state index contributed by atoms with van der Waals surface area (Å²) in [4.78, 5) is 14.8. The van der Waals surface area contributed by atoms with Crippen molar-refractivity contribution < 1.29 is 13.9 Å². The molecule has 3 rings (SSSR count). The van der Waals surface area contributed by atoms with E-state index in [0.717, 1.165) is 25.9 Å². The van der Waals surface area contributed by atoms with Crippen LogP contribution >= 0.6 is 0 Å². The minimum Gasteiger partial charge on any atom is -0.459 e. The van der Waals surface area contributed by atoms with Gasteiger partial charge in [0.05, 0.1) is 6.67 Å². The van der Waals surface area contributed by atoms with Crippen molar-refractivity contribution in [2.45, 2.75) is 57.7 Å². The van der Waals surface area contributed by atoms with Gasteiger partial charge in [0.2, 0.25) is 0 Å². The summed E-state index contributed by atoms with van der Waals surface area (Å²) in [5.74, 6) is 0.0541. The standard InChI is InChI=1S/C22H33FN2O2/c1-16(17-8-6-5-7-9-17)25-14-18(12-23)19(15-25)13-24-22(10-11-22)20(26)27-21(2,3)4/h5-9,16,18-19,24H,10-15H2,1-4H3/t16-,18+,19+/m0/s1. The molecule has 150 valence electrons. The molecule has 1 N–H and O–H groups in total. The molecule has 1 saturated carbocycles. The monoisotopic (exact) mass is 376 g/mol. The second kappa shape index (κ2) is 7.88. The van der Waals surface area contributed by atoms with Crippen molar-refractivity contribution in [2.24, 2.45) is 11.8 Å². The molecule has 1 heterocycles. The van der Waals surface area contributed by atoms with E-state index in [1.807, 2.05) is 39.0 Å². The predicted octanol–water partition coefficient (Wildman–Crippen LogP) is 3.73. The summed E-state index contributed by atoms with van der Waals surface area (Å²) in [5, 5.41) is 3.43. The molecule has 2 aliphatic rings. The third-order valence-electron chi connectivity index (χ3n) is 5.87. The fraction of sp³-hybridized carbons (Fsp3) is 0.682. The van der Waals surface area contributed by atoms with Gasteiger partial charge in [0.15, 0.2) is 0 Å². The van der Waals surface area contributed by atoms with Gasteiger partial charge in [-0.05, 0) is 52.0 Å². The molecule has 0 bridgehead atoms. The summed E-state index contributed by atoms with van der Waals surface area (Å²) in [7, 11) is 0. The maximum absolute atomic E-state index is 13.7. The Hall–Kier alpha value is -1.46. The lowest BCUT2D eigenvalue weighted by molar-refractivity contribution is -0.158. The van der Waals surface area contributed by atoms with E-state index in [2.05, 4.69) is 29.3 Å². The average Bonchev–Trinajstić information content (AvgIpc) is 3.31. The van der Waals surface area contributed by atoms with Gasteiger partial charge in [0, 0.05) is 31.6 Å². The van der Waals surface area contributed by atoms with Crippen LogP contribution in [0, 0.1) is 11.8 Å². The number of nitrogens with zero attached hydrogens (tertiary/aromatic N) is 1. The normalized spacial score (nSPS) is 26.0. The zero-order chi connectivity index (χ0) is 19.7. The highest BCUT2D eigenvalue weighted by atomic mass is 19.1. The van der Waals surface area contributed by atoms with E-state index >= 15 is 0 Å². The van der Waals surface area contributed by atoms with Gasteiger partial charge in [-0.15, -0.1) is 0 Å². The van der Waals surface area contributed by atoms with Crippen LogP contribution in [0.3, 0.4) is 0 Å². The SMILES string of the molecule is C[C@@H](c1ccccc1)N1C[C@@H](CF)[C@H](CNC2(C(=O)OC(C)(C)C)CC2)C1. The third kappa shape index (κ3) is 4.88. The first-order valence-corrected chi connectivity index (χ1v) is 10.1. The quantitative estimate of drug-likeness (QED) is 0.737. The van der Waals surface area contributed by atoms with Crippen LogP contribution in [0.4, 0.5) is 4.39 Å². The summed E-state index contributed by atoms with van der Waals surface area (Å²) in [6, 6.07) is 10.6. The van der Waals surface area contributed by atoms with Gasteiger partial charge in [-0.1, -0.05) is 30.3 Å². The highest BCUT2D eigenvalue weighted by Crippen LogP contribution is 2.39. The molecule has 1 aliphatic heterocycles. The lowest BCUT2D eigenvalue weighted by Gasteiger charge is -2.26. The molecule has 1 saturated heterocycles. The van der Waals surface area contributed by atoms with E-state index in [4.69, 9.17) is 4.74 Å². The molecule has 1 aromatic rings. The van der Waals surface area contributed by atoms with Crippen molar-refractivity contribution in [2.75, 3.05) is 26.3 Å². The molecule has 1 aromatic carbocycles. The summed E-state index contributed by atoms with van der Waals surface area (Å²) in [6.45, 7) is 9.80. The first-order valence-electron chi connectivity index (χ1n) is 10.1. The second-order valence-corrected chi connectivity index (χ2v) is 9.18. The Kier molecular flexibility index (Phi) is 5.92. The van der Waals surface area contributed by atoms with Crippen molar-refractivity contribution in [3.63, 3.8) is 0 Å². The molecule has 0 radical (unpaired) electrons. The van der Waals surface area contributed by atoms with Crippen LogP contribution in [-0.2, 0) is 9.53 Å². The van der Waals surface area contributed by atoms with E-state index in [9.17, 15) is 9.18 Å². The van der Waals surface area contributed by atoms with Gasteiger partial charge in [0.25, 0.3) is 0 Å². The molecule has 0 aromatic heterocycles. The summed E-state index contributed by atoms with van der Waals surface area (Å²) < 4.78 is 19.2. The number of benzene rings is 1. The van der Waals surface area contributed by atoms with E-state index in [-0.39, 0.29) is 30.5 Å². The highest BCUT2D eigenvalue weighted by Gasteiger charge is 2.52. The molecular formula is C22H33FN2O2. The number of carbonyl (C=O) groups is 1. The van der Waals surface area contributed by atoms with E-state index in [0.29, 0.717) is 6.54 Å². The summed E-state index contributed by atoms with van der Waals surface area (Å²) in [5.41, 5.74) is 0.230. The van der Waals surface area contributed by atoms with E-state index in [1.165, 1.54) is 5.56 Å². The lowest BCUT2D eigenvalue weighted by Crippen LogP contribution is -2.46. The van der Waals surface area contributed by atoms with Crippen molar-refractivity contribution >= 4 is 5.97 Å². The molecule has 0 spiro atoms. The molecule has 27 heavy (non-hydrogen) atoms. The van der Waals surface area contributed by atoms with Crippen LogP contribution in [0.1, 0.15) is 52.1 Å². The molecule has 4 nitrogen and oxygen atoms in total. The Morgan fingerprint density at radius 3 is 2.44 bits per heavy atom. The smallest absolute Gasteiger partial charge is 0.326 e. The predicted molar refractivity (Wildman–Crippen MR) is 105 cm³/mol. The number of carbonyl (C=O) groups excluding carboxylic acids is 1. The first kappa shape index (κ1) is 20.3. The third-order valence-corrected chi connectivity index (χ3v) is 5.87. The van der Waals surface area contributed by atoms with Crippen LogP contribution in [0.25, 0.3) is 0 Å². The van der Waals surface area contributed by atoms with Crippen molar-refractivity contribution in [3.8, 4) is 0 Å². The molecular weight excluding hydrogens is 343 g/mol. The summed E-state index contributed by atoms with van der Waals surface area (Å²) >= 11 is 0. The molecule has 3 atom stereocenters. The number of likely N-dealkylation sites (tertiary alicyclic amines) is 1. The second-order valence-electron chi connectivity index (χ2n) is 9.18. The number of halogens is 1. The minimum absolute atomic E-state index is 0.0121. The van der Waals surface area contributed by atoms with Crippen LogP contribution in [0.5, 0.6) is 0 Å². The fourth-order valence-corrected chi connectivity index (χ4v) is 3.92. The molecule has 1 aliphatic carbocycles. The molecule has 2 fully saturated rings. The fourth-order valence-electron chi connectivity index (χ4n) is 3.92. The Bertz CT molecular complexity index is 639. The maximum Gasteiger partial charge on any atom is 0.326 e. The van der Waals surface area contributed by atoms with Gasteiger partial charge >= 0.3 is 5.97 Å². The number of ether oxygens (including phenoxy) is 1. The van der Waals surface area contributed by atoms with Crippen LogP contribution in [0.2, 0.25) is 0 Å². The van der Waals surface area contributed by atoms with Crippen molar-refractivity contribution in [3.05, 3.63) is 35.9 Å². The lowest BCUT2D eigenvalue weighted by atomic mass is 9.97. The largest absolute Gasteiger partial charge is 0.459 e. The highest BCUT2D eigenvalue weighted by molar-refractivity contribution is 5.84. The number of esters is 1. The number of rotatable bonds is 7. The number of nitrogens with one attached hydrogen (secondary N) is 1. The zero-order valence-corrected chi connectivity index (χ0v) is 17.0. The number of hydrogen-bond donors (Lipinski definition) is 1. The van der Waals surface area contributed by atoms with Gasteiger partial charge in [-0.25, -0.2) is 0 Å². The van der Waals surface area contributed by atoms with Crippen LogP contribution < -0.4 is 5.32 Å².